The number of hydrogen-bond acceptors (Lipinski definition) is 8. The summed E-state index contributed by atoms with van der Waals surface area (Å²) >= 11 is 0. The molecule has 64 heavy (non-hydrogen) atoms. The molecule has 0 N–H and O–H groups in total. The average Bonchev–Trinajstić information content (AvgIpc) is 3.34. The van der Waals surface area contributed by atoms with Gasteiger partial charge in [0.05, 0.1) is 51.8 Å². The fourth-order valence-corrected chi connectivity index (χ4v) is 7.94. The zero-order chi connectivity index (χ0) is 44.9. The molecule has 0 spiro atoms. The van der Waals surface area contributed by atoms with Crippen LogP contribution < -0.4 is 9.47 Å². The lowest BCUT2D eigenvalue weighted by Gasteiger charge is -2.31. The van der Waals surface area contributed by atoms with Crippen LogP contribution >= 0.6 is 0 Å². The first-order valence-electron chi connectivity index (χ1n) is 24.0. The molecule has 2 atom stereocenters. The van der Waals surface area contributed by atoms with Crippen molar-refractivity contribution in [1.29, 1.82) is 0 Å². The van der Waals surface area contributed by atoms with Gasteiger partial charge in [0.15, 0.2) is 0 Å². The highest BCUT2D eigenvalue weighted by atomic mass is 16.5. The van der Waals surface area contributed by atoms with E-state index in [0.717, 1.165) is 102 Å². The van der Waals surface area contributed by atoms with E-state index in [-0.39, 0.29) is 24.1 Å². The van der Waals surface area contributed by atoms with Crippen molar-refractivity contribution in [2.24, 2.45) is 0 Å². The molecular formula is C56H72O8. The van der Waals surface area contributed by atoms with Gasteiger partial charge in [-0.1, -0.05) is 163 Å². The Kier molecular flexibility index (Phi) is 23.4. The normalized spacial score (nSPS) is 14.7. The molecule has 1 aliphatic carbocycles. The lowest BCUT2D eigenvalue weighted by Crippen LogP contribution is -2.34. The van der Waals surface area contributed by atoms with Crippen LogP contribution in [-0.4, -0.2) is 50.6 Å². The summed E-state index contributed by atoms with van der Waals surface area (Å²) in [6, 6.07) is 34.1. The number of esters is 2. The first-order valence-corrected chi connectivity index (χ1v) is 24.0. The van der Waals surface area contributed by atoms with E-state index >= 15 is 0 Å². The summed E-state index contributed by atoms with van der Waals surface area (Å²) in [5.74, 6) is 1.13. The maximum absolute atomic E-state index is 11.1. The Morgan fingerprint density at radius 1 is 0.422 bits per heavy atom. The molecule has 4 aromatic carbocycles. The predicted octanol–water partition coefficient (Wildman–Crippen LogP) is 13.7. The molecule has 344 valence electrons. The molecule has 0 bridgehead atoms. The molecule has 5 rings (SSSR count). The molecule has 0 heterocycles. The third-order valence-corrected chi connectivity index (χ3v) is 11.8. The Bertz CT molecular complexity index is 1760. The Labute approximate surface area is 383 Å². The summed E-state index contributed by atoms with van der Waals surface area (Å²) in [6.07, 6.45) is 22.5. The number of unbranched alkanes of at least 4 members (excludes halogenated alkanes) is 12. The molecule has 1 saturated carbocycles. The van der Waals surface area contributed by atoms with E-state index in [1.807, 2.05) is 0 Å². The summed E-state index contributed by atoms with van der Waals surface area (Å²) in [5, 5.41) is 0. The first kappa shape index (κ1) is 49.8. The maximum Gasteiger partial charge on any atom is 0.330 e. The van der Waals surface area contributed by atoms with Gasteiger partial charge in [-0.25, -0.2) is 9.59 Å². The van der Waals surface area contributed by atoms with E-state index in [4.69, 9.17) is 28.4 Å². The van der Waals surface area contributed by atoms with Crippen molar-refractivity contribution >= 4 is 11.9 Å². The molecule has 0 aromatic heterocycles. The van der Waals surface area contributed by atoms with Gasteiger partial charge in [-0.05, 0) is 96.2 Å². The second-order valence-corrected chi connectivity index (χ2v) is 16.8. The van der Waals surface area contributed by atoms with Crippen molar-refractivity contribution in [1.82, 2.24) is 0 Å². The van der Waals surface area contributed by atoms with Crippen LogP contribution in [0.2, 0.25) is 0 Å². The molecule has 1 aliphatic rings. The zero-order valence-electron chi connectivity index (χ0n) is 38.2. The molecule has 0 unspecified atom stereocenters. The summed E-state index contributed by atoms with van der Waals surface area (Å²) in [7, 11) is 0. The smallest absolute Gasteiger partial charge is 0.330 e. The van der Waals surface area contributed by atoms with Gasteiger partial charge in [0.1, 0.15) is 11.5 Å². The van der Waals surface area contributed by atoms with Crippen molar-refractivity contribution in [3.05, 3.63) is 133 Å². The van der Waals surface area contributed by atoms with Crippen LogP contribution in [-0.2, 0) is 41.8 Å². The average molecular weight is 873 g/mol. The molecule has 1 fully saturated rings. The van der Waals surface area contributed by atoms with Crippen LogP contribution in [0.25, 0.3) is 22.3 Å². The van der Waals surface area contributed by atoms with Crippen LogP contribution in [0.1, 0.15) is 127 Å². The molecule has 8 heteroatoms. The van der Waals surface area contributed by atoms with Crippen LogP contribution in [0.5, 0.6) is 11.5 Å². The maximum atomic E-state index is 11.1. The van der Waals surface area contributed by atoms with Gasteiger partial charge < -0.3 is 28.4 Å². The second-order valence-electron chi connectivity index (χ2n) is 16.8. The van der Waals surface area contributed by atoms with Gasteiger partial charge in [0.2, 0.25) is 0 Å². The van der Waals surface area contributed by atoms with Crippen LogP contribution in [0.4, 0.5) is 0 Å². The number of carbonyl (C=O) groups excluding carboxylic acids is 2. The minimum Gasteiger partial charge on any atom is -0.494 e. The van der Waals surface area contributed by atoms with Gasteiger partial charge in [-0.15, -0.1) is 0 Å². The Morgan fingerprint density at radius 3 is 1.05 bits per heavy atom. The number of ether oxygens (including phenoxy) is 6. The first-order chi connectivity index (χ1) is 31.5. The van der Waals surface area contributed by atoms with E-state index in [1.54, 1.807) is 0 Å². The highest BCUT2D eigenvalue weighted by molar-refractivity contribution is 5.81. The topological polar surface area (TPSA) is 89.5 Å². The largest absolute Gasteiger partial charge is 0.494 e. The highest BCUT2D eigenvalue weighted by Gasteiger charge is 2.26. The van der Waals surface area contributed by atoms with E-state index in [0.29, 0.717) is 26.4 Å². The Hall–Kier alpha value is -5.18. The predicted molar refractivity (Wildman–Crippen MR) is 257 cm³/mol. The fraction of sp³-hybridized carbons (Fsp3) is 0.464. The van der Waals surface area contributed by atoms with E-state index in [9.17, 15) is 9.59 Å². The van der Waals surface area contributed by atoms with Gasteiger partial charge >= 0.3 is 11.9 Å². The molecular weight excluding hydrogens is 801 g/mol. The molecule has 8 nitrogen and oxygen atoms in total. The number of hydrogen-bond donors (Lipinski definition) is 0. The minimum atomic E-state index is -0.339. The lowest BCUT2D eigenvalue weighted by molar-refractivity contribution is -0.138. The van der Waals surface area contributed by atoms with Crippen molar-refractivity contribution < 1.29 is 38.0 Å². The summed E-state index contributed by atoms with van der Waals surface area (Å²) in [4.78, 5) is 22.1. The van der Waals surface area contributed by atoms with Gasteiger partial charge in [0, 0.05) is 12.2 Å². The standard InChI is InChI=1S/C56H72O8/c1-3-55(57)61-41-19-13-9-5-7-11-17-39-59-51-35-31-49(32-36-51)47-27-23-45(24-28-47)43-63-53-21-15-16-22-54(53)64-44-46-25-29-48(30-26-46)50-33-37-52(38-34-50)60-40-18-12-8-6-10-14-20-42-62-56(58)4-2/h3-4,23-38,53-54H,1-2,5-22,39-44H2/t53-,54-/m1/s1. The van der Waals surface area contributed by atoms with E-state index in [1.165, 1.54) is 84.1 Å². The molecule has 0 aliphatic heterocycles. The van der Waals surface area contributed by atoms with Gasteiger partial charge in [-0.2, -0.15) is 0 Å². The molecule has 0 saturated heterocycles. The zero-order valence-corrected chi connectivity index (χ0v) is 38.2. The SMILES string of the molecule is C=CC(=O)OCCCCCCCCCOc1ccc(-c2ccc(CO[C@@H]3CCCC[C@H]3OCc3ccc(-c4ccc(OCCCCCCCCCOC(=O)C=C)cc4)cc3)cc2)cc1. The van der Waals surface area contributed by atoms with E-state index in [2.05, 4.69) is 110 Å². The molecule has 0 amide bonds. The quantitative estimate of drug-likeness (QED) is 0.0272. The van der Waals surface area contributed by atoms with Gasteiger partial charge in [0.25, 0.3) is 0 Å². The molecule has 0 radical (unpaired) electrons. The number of rotatable bonds is 32. The van der Waals surface area contributed by atoms with Crippen LogP contribution in [0.15, 0.2) is 122 Å². The van der Waals surface area contributed by atoms with Crippen molar-refractivity contribution in [3.63, 3.8) is 0 Å². The fourth-order valence-electron chi connectivity index (χ4n) is 7.94. The highest BCUT2D eigenvalue weighted by Crippen LogP contribution is 2.29. The van der Waals surface area contributed by atoms with Crippen molar-refractivity contribution in [3.8, 4) is 33.8 Å². The third kappa shape index (κ3) is 19.3. The van der Waals surface area contributed by atoms with E-state index < -0.39 is 0 Å². The minimum absolute atomic E-state index is 0.0891. The molecule has 4 aromatic rings. The number of carbonyl (C=O) groups is 2. The third-order valence-electron chi connectivity index (χ3n) is 11.8. The summed E-state index contributed by atoms with van der Waals surface area (Å²) in [5.41, 5.74) is 7.02. The van der Waals surface area contributed by atoms with Crippen molar-refractivity contribution in [2.75, 3.05) is 26.4 Å². The Morgan fingerprint density at radius 2 is 0.719 bits per heavy atom. The Balaban J connectivity index is 0.928. The number of benzene rings is 4. The summed E-state index contributed by atoms with van der Waals surface area (Å²) < 4.78 is 35.1. The van der Waals surface area contributed by atoms with Gasteiger partial charge in [-0.3, -0.25) is 0 Å². The summed E-state index contributed by atoms with van der Waals surface area (Å²) in [6.45, 7) is 10.4. The van der Waals surface area contributed by atoms with Crippen LogP contribution in [0.3, 0.4) is 0 Å². The lowest BCUT2D eigenvalue weighted by atomic mass is 9.94. The van der Waals surface area contributed by atoms with Crippen molar-refractivity contribution in [2.45, 2.75) is 141 Å². The second kappa shape index (κ2) is 30.0. The monoisotopic (exact) mass is 873 g/mol. The van der Waals surface area contributed by atoms with Crippen LogP contribution in [0, 0.1) is 0 Å².